The van der Waals surface area contributed by atoms with Crippen molar-refractivity contribution in [2.45, 2.75) is 34.1 Å². The highest BCUT2D eigenvalue weighted by Crippen LogP contribution is 2.53. The van der Waals surface area contributed by atoms with Crippen molar-refractivity contribution in [2.24, 2.45) is 0 Å². The number of aryl methyl sites for hydroxylation is 2. The second-order valence-corrected chi connectivity index (χ2v) is 10.7. The van der Waals surface area contributed by atoms with E-state index in [-0.39, 0.29) is 26.4 Å². The minimum Gasteiger partial charge on any atom is -0.482 e. The van der Waals surface area contributed by atoms with E-state index in [1.54, 1.807) is 76.2 Å². The summed E-state index contributed by atoms with van der Waals surface area (Å²) in [7, 11) is -3.90. The van der Waals surface area contributed by atoms with Gasteiger partial charge in [0, 0.05) is 17.5 Å². The molecule has 0 radical (unpaired) electrons. The van der Waals surface area contributed by atoms with Crippen LogP contribution in [0.5, 0.6) is 23.0 Å². The zero-order valence-electron chi connectivity index (χ0n) is 22.4. The summed E-state index contributed by atoms with van der Waals surface area (Å²) in [5.74, 6) is 0.700. The van der Waals surface area contributed by atoms with E-state index in [9.17, 15) is 14.2 Å². The van der Waals surface area contributed by atoms with E-state index in [1.165, 1.54) is 0 Å². The lowest BCUT2D eigenvalue weighted by molar-refractivity contribution is -0.146. The molecule has 3 aromatic carbocycles. The number of carbonyl (C=O) groups excluding carboxylic acids is 2. The van der Waals surface area contributed by atoms with E-state index in [0.29, 0.717) is 57.0 Å². The summed E-state index contributed by atoms with van der Waals surface area (Å²) in [5.41, 5.74) is 2.66. The van der Waals surface area contributed by atoms with Crippen LogP contribution in [0.2, 0.25) is 0 Å². The molecule has 0 amide bonds. The van der Waals surface area contributed by atoms with Crippen LogP contribution in [0.25, 0.3) is 0 Å². The molecule has 206 valence electrons. The summed E-state index contributed by atoms with van der Waals surface area (Å²) < 4.78 is 48.1. The van der Waals surface area contributed by atoms with Gasteiger partial charge in [0.25, 0.3) is 0 Å². The third kappa shape index (κ3) is 6.73. The summed E-state index contributed by atoms with van der Waals surface area (Å²) in [5, 5.41) is 0.396. The normalized spacial score (nSPS) is 13.3. The van der Waals surface area contributed by atoms with E-state index >= 15 is 0 Å². The first-order valence-electron chi connectivity index (χ1n) is 12.6. The van der Waals surface area contributed by atoms with Gasteiger partial charge in [-0.15, -0.1) is 0 Å². The Hall–Kier alpha value is -3.97. The smallest absolute Gasteiger partial charge is 0.462 e. The second kappa shape index (κ2) is 12.3. The van der Waals surface area contributed by atoms with E-state index < -0.39 is 19.5 Å². The molecular weight excluding hydrogens is 523 g/mol. The van der Waals surface area contributed by atoms with Crippen molar-refractivity contribution < 1.29 is 42.1 Å². The van der Waals surface area contributed by atoms with Crippen molar-refractivity contribution >= 4 is 24.8 Å². The van der Waals surface area contributed by atoms with E-state index in [1.807, 2.05) is 6.07 Å². The summed E-state index contributed by atoms with van der Waals surface area (Å²) in [6.07, 6.45) is 0.314. The van der Waals surface area contributed by atoms with Crippen molar-refractivity contribution in [3.63, 3.8) is 0 Å². The molecule has 0 N–H and O–H groups in total. The molecule has 0 saturated carbocycles. The molecule has 0 unspecified atom stereocenters. The van der Waals surface area contributed by atoms with Gasteiger partial charge in [-0.25, -0.2) is 14.2 Å². The Morgan fingerprint density at radius 2 is 1.23 bits per heavy atom. The van der Waals surface area contributed by atoms with Gasteiger partial charge < -0.3 is 28.0 Å². The fraction of sp³-hybridized carbons (Fsp3) is 0.310. The van der Waals surface area contributed by atoms with Crippen molar-refractivity contribution in [1.82, 2.24) is 0 Å². The van der Waals surface area contributed by atoms with Crippen LogP contribution in [0.4, 0.5) is 0 Å². The summed E-state index contributed by atoms with van der Waals surface area (Å²) >= 11 is 0. The van der Waals surface area contributed by atoms with E-state index in [0.717, 1.165) is 0 Å². The SMILES string of the molecule is CCOC(=O)COc1cc(C)c2c(c1)Cc1cc(OCC(=O)OCC)cc(C)c1OP(=O)(c1ccccc1)O2. The van der Waals surface area contributed by atoms with Crippen molar-refractivity contribution in [2.75, 3.05) is 26.4 Å². The number of hydrogen-bond donors (Lipinski definition) is 0. The molecule has 10 heteroatoms. The molecule has 4 rings (SSSR count). The third-order valence-corrected chi connectivity index (χ3v) is 7.63. The molecule has 0 fully saturated rings. The molecule has 0 saturated heterocycles. The van der Waals surface area contributed by atoms with Crippen LogP contribution < -0.4 is 23.8 Å². The molecule has 0 spiro atoms. The average molecular weight is 555 g/mol. The van der Waals surface area contributed by atoms with Gasteiger partial charge in [0.15, 0.2) is 13.2 Å². The predicted octanol–water partition coefficient (Wildman–Crippen LogP) is 5.07. The van der Waals surface area contributed by atoms with Gasteiger partial charge in [-0.2, -0.15) is 0 Å². The lowest BCUT2D eigenvalue weighted by Gasteiger charge is -2.28. The topological polar surface area (TPSA) is 107 Å². The van der Waals surface area contributed by atoms with Crippen molar-refractivity contribution in [3.05, 3.63) is 76.9 Å². The quantitative estimate of drug-likeness (QED) is 0.265. The van der Waals surface area contributed by atoms with Crippen LogP contribution in [-0.4, -0.2) is 38.4 Å². The van der Waals surface area contributed by atoms with Crippen LogP contribution in [0.3, 0.4) is 0 Å². The number of benzene rings is 3. The maximum atomic E-state index is 14.4. The highest BCUT2D eigenvalue weighted by molar-refractivity contribution is 7.63. The van der Waals surface area contributed by atoms with Gasteiger partial charge in [-0.1, -0.05) is 18.2 Å². The monoisotopic (exact) mass is 554 g/mol. The van der Waals surface area contributed by atoms with Crippen LogP contribution >= 0.6 is 7.60 Å². The Balaban J connectivity index is 1.78. The number of carbonyl (C=O) groups is 2. The zero-order chi connectivity index (χ0) is 28.0. The summed E-state index contributed by atoms with van der Waals surface area (Å²) in [6, 6.07) is 15.6. The molecule has 0 atom stereocenters. The fourth-order valence-electron chi connectivity index (χ4n) is 4.18. The first-order chi connectivity index (χ1) is 18.7. The third-order valence-electron chi connectivity index (χ3n) is 5.85. The van der Waals surface area contributed by atoms with Gasteiger partial charge in [0.05, 0.1) is 18.5 Å². The number of rotatable bonds is 9. The zero-order valence-corrected chi connectivity index (χ0v) is 23.2. The second-order valence-electron chi connectivity index (χ2n) is 8.84. The Kier molecular flexibility index (Phi) is 8.82. The molecule has 1 heterocycles. The molecule has 39 heavy (non-hydrogen) atoms. The number of ether oxygens (including phenoxy) is 4. The summed E-state index contributed by atoms with van der Waals surface area (Å²) in [4.78, 5) is 23.7. The number of esters is 2. The molecule has 1 aliphatic rings. The highest BCUT2D eigenvalue weighted by atomic mass is 31.2. The van der Waals surface area contributed by atoms with E-state index in [4.69, 9.17) is 28.0 Å². The van der Waals surface area contributed by atoms with Crippen molar-refractivity contribution in [3.8, 4) is 23.0 Å². The van der Waals surface area contributed by atoms with Gasteiger partial charge in [-0.05, 0) is 75.2 Å². The average Bonchev–Trinajstić information content (AvgIpc) is 2.90. The molecule has 0 aromatic heterocycles. The van der Waals surface area contributed by atoms with Gasteiger partial charge in [0.2, 0.25) is 0 Å². The fourth-order valence-corrected chi connectivity index (χ4v) is 5.97. The minimum atomic E-state index is -3.90. The molecule has 9 nitrogen and oxygen atoms in total. The highest BCUT2D eigenvalue weighted by Gasteiger charge is 2.36. The van der Waals surface area contributed by atoms with Gasteiger partial charge >= 0.3 is 19.5 Å². The maximum absolute atomic E-state index is 14.4. The molecule has 1 aliphatic heterocycles. The molecule has 3 aromatic rings. The largest absolute Gasteiger partial charge is 0.482 e. The first kappa shape index (κ1) is 28.0. The first-order valence-corrected chi connectivity index (χ1v) is 14.2. The lowest BCUT2D eigenvalue weighted by atomic mass is 9.98. The van der Waals surface area contributed by atoms with Crippen LogP contribution in [0.1, 0.15) is 36.1 Å². The van der Waals surface area contributed by atoms with E-state index in [2.05, 4.69) is 0 Å². The Morgan fingerprint density at radius 1 is 0.769 bits per heavy atom. The molecule has 0 aliphatic carbocycles. The maximum Gasteiger partial charge on any atom is 0.462 e. The number of fused-ring (bicyclic) bond motifs is 2. The Morgan fingerprint density at radius 3 is 1.67 bits per heavy atom. The molecular formula is C29H31O9P. The summed E-state index contributed by atoms with van der Waals surface area (Å²) in [6.45, 7) is 7.07. The Bertz CT molecular complexity index is 1320. The van der Waals surface area contributed by atoms with Crippen LogP contribution in [0.15, 0.2) is 54.6 Å². The standard InChI is InChI=1S/C29H31O9P/c1-5-33-26(30)17-35-23-12-19(3)28-21(15-23)14-22-16-24(36-18-27(31)34-6-2)13-20(4)29(22)38-39(32,37-28)25-10-8-7-9-11-25/h7-13,15-16H,5-6,14,17-18H2,1-4H3. The lowest BCUT2D eigenvalue weighted by Crippen LogP contribution is -2.19. The predicted molar refractivity (Wildman–Crippen MR) is 144 cm³/mol. The van der Waals surface area contributed by atoms with Crippen LogP contribution in [0, 0.1) is 13.8 Å². The molecule has 0 bridgehead atoms. The number of hydrogen-bond acceptors (Lipinski definition) is 9. The minimum absolute atomic E-state index is 0.250. The Labute approximate surface area is 227 Å². The van der Waals surface area contributed by atoms with Gasteiger partial charge in [-0.3, -0.25) is 0 Å². The van der Waals surface area contributed by atoms with Crippen molar-refractivity contribution in [1.29, 1.82) is 0 Å². The van der Waals surface area contributed by atoms with Crippen LogP contribution in [-0.2, 0) is 30.0 Å². The van der Waals surface area contributed by atoms with Gasteiger partial charge in [0.1, 0.15) is 23.0 Å².